The summed E-state index contributed by atoms with van der Waals surface area (Å²) in [7, 11) is 0. The Morgan fingerprint density at radius 1 is 1.37 bits per heavy atom. The van der Waals surface area contributed by atoms with Crippen molar-refractivity contribution < 1.29 is 14.3 Å². The van der Waals surface area contributed by atoms with Crippen LogP contribution in [0.3, 0.4) is 0 Å². The van der Waals surface area contributed by atoms with Crippen molar-refractivity contribution in [2.45, 2.75) is 6.92 Å². The summed E-state index contributed by atoms with van der Waals surface area (Å²) in [4.78, 5) is 36.0. The normalized spacial score (nSPS) is 10.4. The maximum Gasteiger partial charge on any atom is 0.335 e. The molecule has 0 bridgehead atoms. The molecule has 0 aliphatic heterocycles. The molecule has 6 nitrogen and oxygen atoms in total. The number of aromatic amines is 1. The third kappa shape index (κ3) is 2.17. The Bertz CT molecular complexity index is 776. The van der Waals surface area contributed by atoms with E-state index in [9.17, 15) is 18.8 Å². The van der Waals surface area contributed by atoms with Crippen LogP contribution in [0.5, 0.6) is 0 Å². The Labute approximate surface area is 105 Å². The Kier molecular flexibility index (Phi) is 3.04. The number of aromatic nitrogens is 2. The van der Waals surface area contributed by atoms with E-state index in [1.54, 1.807) is 0 Å². The summed E-state index contributed by atoms with van der Waals surface area (Å²) >= 11 is 0. The van der Waals surface area contributed by atoms with Gasteiger partial charge in [-0.15, -0.1) is 0 Å². The van der Waals surface area contributed by atoms with Crippen molar-refractivity contribution >= 4 is 5.97 Å². The number of rotatable bonds is 2. The Morgan fingerprint density at radius 2 is 2.05 bits per heavy atom. The molecule has 0 aliphatic rings. The number of benzene rings is 1. The number of halogens is 1. The molecule has 0 amide bonds. The van der Waals surface area contributed by atoms with E-state index in [1.807, 2.05) is 0 Å². The number of carbonyl (C=O) groups is 1. The van der Waals surface area contributed by atoms with E-state index in [0.29, 0.717) is 0 Å². The van der Waals surface area contributed by atoms with Crippen LogP contribution in [0.1, 0.15) is 15.9 Å². The third-order valence-electron chi connectivity index (χ3n) is 2.67. The van der Waals surface area contributed by atoms with Gasteiger partial charge < -0.3 is 10.1 Å². The number of nitrogens with zero attached hydrogens (tertiary/aromatic N) is 1. The maximum absolute atomic E-state index is 13.7. The van der Waals surface area contributed by atoms with Crippen LogP contribution in [0.25, 0.3) is 5.69 Å². The van der Waals surface area contributed by atoms with Gasteiger partial charge in [0.2, 0.25) is 0 Å². The molecule has 2 aromatic rings. The summed E-state index contributed by atoms with van der Waals surface area (Å²) in [6.45, 7) is 1.39. The number of nitrogens with one attached hydrogen (secondary N) is 1. The second-order valence-corrected chi connectivity index (χ2v) is 3.87. The lowest BCUT2D eigenvalue weighted by atomic mass is 10.1. The first-order chi connectivity index (χ1) is 8.91. The largest absolute Gasteiger partial charge is 0.478 e. The van der Waals surface area contributed by atoms with E-state index >= 15 is 0 Å². The molecule has 0 radical (unpaired) electrons. The van der Waals surface area contributed by atoms with E-state index in [2.05, 4.69) is 4.98 Å². The standard InChI is InChI=1S/C12H9FN2O4/c1-6-8(13)4-7(12(18)19)5-9(6)15-3-2-14-10(16)11(15)17/h2-5H,1H3,(H,14,16)(H,18,19). The lowest BCUT2D eigenvalue weighted by Gasteiger charge is -2.10. The minimum atomic E-state index is -1.32. The van der Waals surface area contributed by atoms with E-state index < -0.39 is 22.9 Å². The molecule has 0 fully saturated rings. The van der Waals surface area contributed by atoms with Crippen molar-refractivity contribution in [1.29, 1.82) is 0 Å². The fraction of sp³-hybridized carbons (Fsp3) is 0.0833. The molecule has 2 N–H and O–H groups in total. The van der Waals surface area contributed by atoms with Crippen molar-refractivity contribution in [3.63, 3.8) is 0 Å². The Balaban J connectivity index is 2.82. The first-order valence-corrected chi connectivity index (χ1v) is 5.26. The highest BCUT2D eigenvalue weighted by Gasteiger charge is 2.14. The third-order valence-corrected chi connectivity index (χ3v) is 2.67. The average molecular weight is 264 g/mol. The quantitative estimate of drug-likeness (QED) is 0.780. The first-order valence-electron chi connectivity index (χ1n) is 5.26. The van der Waals surface area contributed by atoms with Crippen LogP contribution in [0, 0.1) is 12.7 Å². The predicted molar refractivity (Wildman–Crippen MR) is 64.3 cm³/mol. The molecule has 0 saturated heterocycles. The Hall–Kier alpha value is -2.70. The summed E-state index contributed by atoms with van der Waals surface area (Å²) < 4.78 is 14.6. The SMILES string of the molecule is Cc1c(F)cc(C(=O)O)cc1-n1cc[nH]c(=O)c1=O. The van der Waals surface area contributed by atoms with Gasteiger partial charge >= 0.3 is 17.1 Å². The molecule has 0 spiro atoms. The summed E-state index contributed by atoms with van der Waals surface area (Å²) in [5.74, 6) is -2.08. The van der Waals surface area contributed by atoms with E-state index in [0.717, 1.165) is 16.7 Å². The van der Waals surface area contributed by atoms with Crippen molar-refractivity contribution in [3.05, 3.63) is 62.2 Å². The minimum Gasteiger partial charge on any atom is -0.478 e. The van der Waals surface area contributed by atoms with Crippen LogP contribution in [-0.2, 0) is 0 Å². The fourth-order valence-corrected chi connectivity index (χ4v) is 1.65. The zero-order chi connectivity index (χ0) is 14.2. The zero-order valence-electron chi connectivity index (χ0n) is 9.81. The highest BCUT2D eigenvalue weighted by Crippen LogP contribution is 2.18. The van der Waals surface area contributed by atoms with Crippen LogP contribution in [0.4, 0.5) is 4.39 Å². The predicted octanol–water partition coefficient (Wildman–Crippen LogP) is 0.672. The van der Waals surface area contributed by atoms with Gasteiger partial charge in [-0.25, -0.2) is 9.18 Å². The van der Waals surface area contributed by atoms with Crippen LogP contribution in [0.15, 0.2) is 34.1 Å². The summed E-state index contributed by atoms with van der Waals surface area (Å²) in [5, 5.41) is 8.87. The molecule has 1 aromatic carbocycles. The smallest absolute Gasteiger partial charge is 0.335 e. The van der Waals surface area contributed by atoms with Crippen LogP contribution in [-0.4, -0.2) is 20.6 Å². The molecular weight excluding hydrogens is 255 g/mol. The maximum atomic E-state index is 13.7. The molecule has 0 unspecified atom stereocenters. The molecule has 2 rings (SSSR count). The molecule has 1 heterocycles. The van der Waals surface area contributed by atoms with Crippen molar-refractivity contribution in [1.82, 2.24) is 9.55 Å². The van der Waals surface area contributed by atoms with E-state index in [-0.39, 0.29) is 16.8 Å². The number of hydrogen-bond acceptors (Lipinski definition) is 3. The number of aromatic carboxylic acids is 1. The van der Waals surface area contributed by atoms with Gasteiger partial charge in [0, 0.05) is 18.0 Å². The molecule has 98 valence electrons. The van der Waals surface area contributed by atoms with Gasteiger partial charge in [0.1, 0.15) is 5.82 Å². The minimum absolute atomic E-state index is 0.0218. The van der Waals surface area contributed by atoms with Crippen LogP contribution >= 0.6 is 0 Å². The highest BCUT2D eigenvalue weighted by atomic mass is 19.1. The van der Waals surface area contributed by atoms with Gasteiger partial charge in [0.05, 0.1) is 11.3 Å². The van der Waals surface area contributed by atoms with Gasteiger partial charge in [-0.2, -0.15) is 0 Å². The van der Waals surface area contributed by atoms with Gasteiger partial charge in [-0.3, -0.25) is 14.2 Å². The van der Waals surface area contributed by atoms with Crippen molar-refractivity contribution in [2.75, 3.05) is 0 Å². The summed E-state index contributed by atoms with van der Waals surface area (Å²) in [5.41, 5.74) is -1.98. The molecular formula is C12H9FN2O4. The van der Waals surface area contributed by atoms with E-state index in [1.165, 1.54) is 19.3 Å². The number of hydrogen-bond donors (Lipinski definition) is 2. The van der Waals surface area contributed by atoms with Crippen LogP contribution < -0.4 is 11.1 Å². The summed E-state index contributed by atoms with van der Waals surface area (Å²) in [6.07, 6.45) is 2.45. The fourth-order valence-electron chi connectivity index (χ4n) is 1.65. The molecule has 1 aromatic heterocycles. The van der Waals surface area contributed by atoms with Gasteiger partial charge in [0.15, 0.2) is 0 Å². The van der Waals surface area contributed by atoms with Crippen molar-refractivity contribution in [3.8, 4) is 5.69 Å². The number of carboxylic acid groups (broad SMARTS) is 1. The van der Waals surface area contributed by atoms with E-state index in [4.69, 9.17) is 5.11 Å². The Morgan fingerprint density at radius 3 is 2.68 bits per heavy atom. The highest BCUT2D eigenvalue weighted by molar-refractivity contribution is 5.88. The molecule has 0 saturated carbocycles. The van der Waals surface area contributed by atoms with Crippen LogP contribution in [0.2, 0.25) is 0 Å². The molecule has 0 atom stereocenters. The lowest BCUT2D eigenvalue weighted by Crippen LogP contribution is -2.34. The van der Waals surface area contributed by atoms with Gasteiger partial charge in [-0.05, 0) is 19.1 Å². The molecule has 19 heavy (non-hydrogen) atoms. The topological polar surface area (TPSA) is 92.2 Å². The monoisotopic (exact) mass is 264 g/mol. The lowest BCUT2D eigenvalue weighted by molar-refractivity contribution is 0.0696. The average Bonchev–Trinajstić information content (AvgIpc) is 2.36. The number of carboxylic acids is 1. The van der Waals surface area contributed by atoms with Gasteiger partial charge in [0.25, 0.3) is 0 Å². The first kappa shape index (κ1) is 12.7. The zero-order valence-corrected chi connectivity index (χ0v) is 9.81. The molecule has 7 heteroatoms. The number of H-pyrrole nitrogens is 1. The molecule has 0 aliphatic carbocycles. The second-order valence-electron chi connectivity index (χ2n) is 3.87. The van der Waals surface area contributed by atoms with Crippen molar-refractivity contribution in [2.24, 2.45) is 0 Å². The summed E-state index contributed by atoms with van der Waals surface area (Å²) in [6, 6.07) is 2.00. The second kappa shape index (κ2) is 4.52. The van der Waals surface area contributed by atoms with Gasteiger partial charge in [-0.1, -0.05) is 0 Å².